The lowest BCUT2D eigenvalue weighted by Crippen LogP contribution is -2.61. The number of likely N-dealkylation sites (tertiary alicyclic amines) is 1. The average molecular weight is 364 g/mol. The third kappa shape index (κ3) is 5.91. The van der Waals surface area contributed by atoms with Crippen LogP contribution in [0.5, 0.6) is 0 Å². The molecule has 1 aromatic carbocycles. The Kier molecular flexibility index (Phi) is 6.47. The van der Waals surface area contributed by atoms with Gasteiger partial charge in [-0.2, -0.15) is 0 Å². The van der Waals surface area contributed by atoms with Crippen LogP contribution in [0.1, 0.15) is 33.3 Å². The summed E-state index contributed by atoms with van der Waals surface area (Å²) in [6.07, 6.45) is -1.73. The fourth-order valence-electron chi connectivity index (χ4n) is 2.75. The van der Waals surface area contributed by atoms with E-state index in [0.29, 0.717) is 13.1 Å². The minimum atomic E-state index is -0.759. The number of ether oxygens (including phenoxy) is 2. The zero-order valence-electron chi connectivity index (χ0n) is 15.8. The monoisotopic (exact) mass is 364 g/mol. The van der Waals surface area contributed by atoms with E-state index in [2.05, 4.69) is 5.32 Å². The van der Waals surface area contributed by atoms with Crippen molar-refractivity contribution in [1.82, 2.24) is 10.2 Å². The standard InChI is InChI=1S/C19H28N2O5/c1-13(22)16(15-10-21(11-15)18(24)26-19(2,3)4)20-17(23)25-12-14-8-6-5-7-9-14/h5-9,13,15-16,22H,10-12H2,1-4H3,(H,20,23)/t13-,16+/m0/s1. The van der Waals surface area contributed by atoms with E-state index in [4.69, 9.17) is 9.47 Å². The van der Waals surface area contributed by atoms with Gasteiger partial charge < -0.3 is 24.8 Å². The van der Waals surface area contributed by atoms with Crippen LogP contribution in [-0.2, 0) is 16.1 Å². The Balaban J connectivity index is 1.80. The molecule has 1 fully saturated rings. The van der Waals surface area contributed by atoms with Crippen molar-refractivity contribution in [1.29, 1.82) is 0 Å². The first-order valence-electron chi connectivity index (χ1n) is 8.79. The van der Waals surface area contributed by atoms with Gasteiger partial charge in [0, 0.05) is 19.0 Å². The molecule has 0 bridgehead atoms. The lowest BCUT2D eigenvalue weighted by Gasteiger charge is -2.44. The van der Waals surface area contributed by atoms with E-state index in [1.165, 1.54) is 0 Å². The average Bonchev–Trinajstić information content (AvgIpc) is 2.49. The van der Waals surface area contributed by atoms with E-state index in [1.54, 1.807) is 11.8 Å². The Labute approximate surface area is 154 Å². The third-order valence-electron chi connectivity index (χ3n) is 4.09. The third-order valence-corrected chi connectivity index (χ3v) is 4.09. The summed E-state index contributed by atoms with van der Waals surface area (Å²) in [4.78, 5) is 25.6. The summed E-state index contributed by atoms with van der Waals surface area (Å²) in [5, 5.41) is 12.7. The maximum atomic E-state index is 12.0. The van der Waals surface area contributed by atoms with E-state index in [9.17, 15) is 14.7 Å². The lowest BCUT2D eigenvalue weighted by atomic mass is 9.89. The summed E-state index contributed by atoms with van der Waals surface area (Å²) >= 11 is 0. The molecule has 2 N–H and O–H groups in total. The SMILES string of the molecule is C[C@H](O)[C@@H](NC(=O)OCc1ccccc1)C1CN(C(=O)OC(C)(C)C)C1. The van der Waals surface area contributed by atoms with Crippen molar-refractivity contribution < 1.29 is 24.2 Å². The number of hydrogen-bond donors (Lipinski definition) is 2. The predicted molar refractivity (Wildman–Crippen MR) is 96.5 cm³/mol. The van der Waals surface area contributed by atoms with Gasteiger partial charge in [-0.3, -0.25) is 0 Å². The van der Waals surface area contributed by atoms with Crippen LogP contribution in [0.25, 0.3) is 0 Å². The zero-order chi connectivity index (χ0) is 19.3. The molecule has 1 aromatic rings. The van der Waals surface area contributed by atoms with Gasteiger partial charge in [-0.1, -0.05) is 30.3 Å². The summed E-state index contributed by atoms with van der Waals surface area (Å²) in [6.45, 7) is 8.04. The summed E-state index contributed by atoms with van der Waals surface area (Å²) in [6, 6.07) is 8.87. The first-order valence-corrected chi connectivity index (χ1v) is 8.79. The highest BCUT2D eigenvalue weighted by atomic mass is 16.6. The second-order valence-electron chi connectivity index (χ2n) is 7.62. The Morgan fingerprint density at radius 1 is 1.27 bits per heavy atom. The molecule has 0 aromatic heterocycles. The molecule has 0 spiro atoms. The van der Waals surface area contributed by atoms with Crippen LogP contribution in [-0.4, -0.2) is 53.0 Å². The van der Waals surface area contributed by atoms with Crippen molar-refractivity contribution in [3.8, 4) is 0 Å². The van der Waals surface area contributed by atoms with E-state index < -0.39 is 23.8 Å². The minimum absolute atomic E-state index is 0.0493. The highest BCUT2D eigenvalue weighted by molar-refractivity contribution is 5.70. The zero-order valence-corrected chi connectivity index (χ0v) is 15.8. The van der Waals surface area contributed by atoms with E-state index in [0.717, 1.165) is 5.56 Å². The van der Waals surface area contributed by atoms with Crippen LogP contribution < -0.4 is 5.32 Å². The molecular formula is C19H28N2O5. The number of nitrogens with zero attached hydrogens (tertiary/aromatic N) is 1. The largest absolute Gasteiger partial charge is 0.445 e. The van der Waals surface area contributed by atoms with Crippen LogP contribution >= 0.6 is 0 Å². The van der Waals surface area contributed by atoms with Crippen LogP contribution in [0.3, 0.4) is 0 Å². The number of rotatable bonds is 5. The van der Waals surface area contributed by atoms with Crippen molar-refractivity contribution in [2.24, 2.45) is 5.92 Å². The first-order chi connectivity index (χ1) is 12.2. The maximum absolute atomic E-state index is 12.0. The molecule has 1 aliphatic heterocycles. The molecule has 2 amide bonds. The fourth-order valence-corrected chi connectivity index (χ4v) is 2.75. The Morgan fingerprint density at radius 3 is 2.42 bits per heavy atom. The van der Waals surface area contributed by atoms with E-state index in [-0.39, 0.29) is 18.6 Å². The van der Waals surface area contributed by atoms with Gasteiger partial charge in [0.1, 0.15) is 12.2 Å². The molecular weight excluding hydrogens is 336 g/mol. The number of aliphatic hydroxyl groups is 1. The van der Waals surface area contributed by atoms with Gasteiger partial charge in [-0.05, 0) is 33.3 Å². The first kappa shape index (κ1) is 20.0. The molecule has 1 saturated heterocycles. The molecule has 0 radical (unpaired) electrons. The van der Waals surface area contributed by atoms with E-state index >= 15 is 0 Å². The van der Waals surface area contributed by atoms with Gasteiger partial charge in [-0.25, -0.2) is 9.59 Å². The van der Waals surface area contributed by atoms with Gasteiger partial charge in [0.05, 0.1) is 12.1 Å². The van der Waals surface area contributed by atoms with Crippen LogP contribution in [0.15, 0.2) is 30.3 Å². The Hall–Kier alpha value is -2.28. The summed E-state index contributed by atoms with van der Waals surface area (Å²) in [7, 11) is 0. The normalized spacial score (nSPS) is 17.0. The van der Waals surface area contributed by atoms with E-state index in [1.807, 2.05) is 51.1 Å². The number of nitrogens with one attached hydrogen (secondary N) is 1. The van der Waals surface area contributed by atoms with Crippen molar-refractivity contribution in [3.05, 3.63) is 35.9 Å². The van der Waals surface area contributed by atoms with Crippen LogP contribution in [0, 0.1) is 5.92 Å². The molecule has 0 aliphatic carbocycles. The van der Waals surface area contributed by atoms with Crippen molar-refractivity contribution in [2.45, 2.75) is 52.0 Å². The van der Waals surface area contributed by atoms with Crippen LogP contribution in [0.2, 0.25) is 0 Å². The number of aliphatic hydroxyl groups excluding tert-OH is 1. The quantitative estimate of drug-likeness (QED) is 0.838. The molecule has 1 aliphatic rings. The molecule has 26 heavy (non-hydrogen) atoms. The molecule has 2 rings (SSSR count). The molecule has 1 heterocycles. The minimum Gasteiger partial charge on any atom is -0.445 e. The molecule has 7 heteroatoms. The summed E-state index contributed by atoms with van der Waals surface area (Å²) in [5.41, 5.74) is 0.335. The summed E-state index contributed by atoms with van der Waals surface area (Å²) < 4.78 is 10.5. The molecule has 0 unspecified atom stereocenters. The smallest absolute Gasteiger partial charge is 0.410 e. The number of carbonyl (C=O) groups excluding carboxylic acids is 2. The van der Waals surface area contributed by atoms with Gasteiger partial charge in [-0.15, -0.1) is 0 Å². The number of benzene rings is 1. The van der Waals surface area contributed by atoms with Crippen molar-refractivity contribution in [2.75, 3.05) is 13.1 Å². The number of alkyl carbamates (subject to hydrolysis) is 1. The topological polar surface area (TPSA) is 88.1 Å². The lowest BCUT2D eigenvalue weighted by molar-refractivity contribution is -0.0184. The molecule has 2 atom stereocenters. The van der Waals surface area contributed by atoms with Gasteiger partial charge in [0.15, 0.2) is 0 Å². The van der Waals surface area contributed by atoms with Gasteiger partial charge in [0.25, 0.3) is 0 Å². The molecule has 0 saturated carbocycles. The highest BCUT2D eigenvalue weighted by Crippen LogP contribution is 2.24. The second kappa shape index (κ2) is 8.40. The predicted octanol–water partition coefficient (Wildman–Crippen LogP) is 2.53. The maximum Gasteiger partial charge on any atom is 0.410 e. The van der Waals surface area contributed by atoms with Crippen molar-refractivity contribution in [3.63, 3.8) is 0 Å². The van der Waals surface area contributed by atoms with Crippen LogP contribution in [0.4, 0.5) is 9.59 Å². The fraction of sp³-hybridized carbons (Fsp3) is 0.579. The number of carbonyl (C=O) groups is 2. The molecule has 7 nitrogen and oxygen atoms in total. The van der Waals surface area contributed by atoms with Crippen molar-refractivity contribution >= 4 is 12.2 Å². The number of hydrogen-bond acceptors (Lipinski definition) is 5. The number of amides is 2. The second-order valence-corrected chi connectivity index (χ2v) is 7.62. The summed E-state index contributed by atoms with van der Waals surface area (Å²) in [5.74, 6) is -0.0493. The Morgan fingerprint density at radius 2 is 1.88 bits per heavy atom. The highest BCUT2D eigenvalue weighted by Gasteiger charge is 2.40. The Bertz CT molecular complexity index is 606. The van der Waals surface area contributed by atoms with Gasteiger partial charge >= 0.3 is 12.2 Å². The molecule has 144 valence electrons. The van der Waals surface area contributed by atoms with Gasteiger partial charge in [0.2, 0.25) is 0 Å².